The fourth-order valence-corrected chi connectivity index (χ4v) is 6.46. The fraction of sp³-hybridized carbons (Fsp3) is 0.480. The number of benzene rings is 2. The topological polar surface area (TPSA) is 66.5 Å². The van der Waals surface area contributed by atoms with E-state index < -0.39 is 10.0 Å². The SMILES string of the molecule is CSc1ccc(S(=O)(=O)N[C@H](C)c2ccc3c(c2)CCC3)cc1C(=O)N1CCC(C)CC1. The van der Waals surface area contributed by atoms with E-state index in [0.29, 0.717) is 11.5 Å². The first-order valence-corrected chi connectivity index (χ1v) is 14.1. The molecule has 1 aliphatic heterocycles. The third kappa shape index (κ3) is 4.90. The molecule has 1 fully saturated rings. The van der Waals surface area contributed by atoms with Gasteiger partial charge in [0.15, 0.2) is 0 Å². The third-order valence-electron chi connectivity index (χ3n) is 6.74. The van der Waals surface area contributed by atoms with Crippen LogP contribution in [0.4, 0.5) is 0 Å². The molecule has 1 N–H and O–H groups in total. The normalized spacial score (nSPS) is 17.9. The summed E-state index contributed by atoms with van der Waals surface area (Å²) in [4.78, 5) is 16.0. The number of rotatable bonds is 6. The van der Waals surface area contributed by atoms with Gasteiger partial charge < -0.3 is 4.90 Å². The number of fused-ring (bicyclic) bond motifs is 1. The Bertz CT molecular complexity index is 1110. The molecule has 1 saturated heterocycles. The molecule has 7 heteroatoms. The van der Waals surface area contributed by atoms with E-state index >= 15 is 0 Å². The Hall–Kier alpha value is -1.83. The Kier molecular flexibility index (Phi) is 6.98. The van der Waals surface area contributed by atoms with Gasteiger partial charge in [-0.25, -0.2) is 13.1 Å². The van der Waals surface area contributed by atoms with Gasteiger partial charge in [0.25, 0.3) is 5.91 Å². The van der Waals surface area contributed by atoms with E-state index in [1.807, 2.05) is 24.1 Å². The molecule has 1 atom stereocenters. The minimum Gasteiger partial charge on any atom is -0.339 e. The molecule has 2 aliphatic rings. The summed E-state index contributed by atoms with van der Waals surface area (Å²) < 4.78 is 29.2. The molecule has 5 nitrogen and oxygen atoms in total. The number of thioether (sulfide) groups is 1. The highest BCUT2D eigenvalue weighted by molar-refractivity contribution is 7.98. The molecule has 0 spiro atoms. The summed E-state index contributed by atoms with van der Waals surface area (Å²) in [5.74, 6) is 0.542. The second kappa shape index (κ2) is 9.57. The van der Waals surface area contributed by atoms with E-state index in [4.69, 9.17) is 0 Å². The maximum Gasteiger partial charge on any atom is 0.255 e. The number of nitrogens with zero attached hydrogens (tertiary/aromatic N) is 1. The van der Waals surface area contributed by atoms with E-state index in [-0.39, 0.29) is 16.8 Å². The monoisotopic (exact) mass is 472 g/mol. The van der Waals surface area contributed by atoms with Crippen LogP contribution in [0.1, 0.15) is 66.2 Å². The molecule has 1 aliphatic carbocycles. The molecule has 32 heavy (non-hydrogen) atoms. The average molecular weight is 473 g/mol. The summed E-state index contributed by atoms with van der Waals surface area (Å²) in [5.41, 5.74) is 4.13. The molecule has 2 aromatic rings. The van der Waals surface area contributed by atoms with Gasteiger partial charge in [-0.15, -0.1) is 11.8 Å². The van der Waals surface area contributed by atoms with Crippen molar-refractivity contribution in [2.24, 2.45) is 5.92 Å². The van der Waals surface area contributed by atoms with Crippen molar-refractivity contribution in [3.63, 3.8) is 0 Å². The maximum absolute atomic E-state index is 13.2. The second-order valence-electron chi connectivity index (χ2n) is 9.06. The van der Waals surface area contributed by atoms with Crippen LogP contribution in [-0.4, -0.2) is 38.6 Å². The van der Waals surface area contributed by atoms with Crippen molar-refractivity contribution in [1.82, 2.24) is 9.62 Å². The van der Waals surface area contributed by atoms with Crippen molar-refractivity contribution >= 4 is 27.7 Å². The number of aryl methyl sites for hydroxylation is 2. The van der Waals surface area contributed by atoms with Crippen LogP contribution < -0.4 is 4.72 Å². The van der Waals surface area contributed by atoms with Crippen molar-refractivity contribution in [2.75, 3.05) is 19.3 Å². The summed E-state index contributed by atoms with van der Waals surface area (Å²) in [6.07, 6.45) is 7.19. The molecular weight excluding hydrogens is 440 g/mol. The molecule has 172 valence electrons. The molecule has 4 rings (SSSR count). The van der Waals surface area contributed by atoms with Gasteiger partial charge in [0.1, 0.15) is 0 Å². The highest BCUT2D eigenvalue weighted by Gasteiger charge is 2.26. The molecule has 1 heterocycles. The summed E-state index contributed by atoms with van der Waals surface area (Å²) in [7, 11) is -3.77. The van der Waals surface area contributed by atoms with Crippen molar-refractivity contribution in [3.8, 4) is 0 Å². The lowest BCUT2D eigenvalue weighted by Gasteiger charge is -2.31. The van der Waals surface area contributed by atoms with Gasteiger partial charge in [0.2, 0.25) is 10.0 Å². The predicted octanol–water partition coefficient (Wildman–Crippen LogP) is 4.81. The van der Waals surface area contributed by atoms with Crippen LogP contribution in [0.25, 0.3) is 0 Å². The van der Waals surface area contributed by atoms with E-state index in [9.17, 15) is 13.2 Å². The smallest absolute Gasteiger partial charge is 0.255 e. The number of likely N-dealkylation sites (tertiary alicyclic amines) is 1. The zero-order chi connectivity index (χ0) is 22.9. The first-order valence-electron chi connectivity index (χ1n) is 11.4. The Morgan fingerprint density at radius 2 is 1.81 bits per heavy atom. The zero-order valence-corrected chi connectivity index (χ0v) is 20.7. The Labute approximate surface area is 196 Å². The van der Waals surface area contributed by atoms with Gasteiger partial charge >= 0.3 is 0 Å². The highest BCUT2D eigenvalue weighted by Crippen LogP contribution is 2.29. The van der Waals surface area contributed by atoms with Crippen molar-refractivity contribution in [3.05, 3.63) is 58.7 Å². The summed E-state index contributed by atoms with van der Waals surface area (Å²) in [5, 5.41) is 0. The number of hydrogen-bond donors (Lipinski definition) is 1. The van der Waals surface area contributed by atoms with Crippen LogP contribution in [0, 0.1) is 5.92 Å². The number of amides is 1. The second-order valence-corrected chi connectivity index (χ2v) is 11.6. The summed E-state index contributed by atoms with van der Waals surface area (Å²) in [6, 6.07) is 10.8. The molecule has 0 aromatic heterocycles. The van der Waals surface area contributed by atoms with Crippen LogP contribution >= 0.6 is 11.8 Å². The maximum atomic E-state index is 13.2. The molecule has 0 bridgehead atoms. The minimum absolute atomic E-state index is 0.0787. The largest absolute Gasteiger partial charge is 0.339 e. The van der Waals surface area contributed by atoms with E-state index in [1.165, 1.54) is 22.9 Å². The van der Waals surface area contributed by atoms with Crippen LogP contribution in [0.3, 0.4) is 0 Å². The Morgan fingerprint density at radius 3 is 2.53 bits per heavy atom. The van der Waals surface area contributed by atoms with Gasteiger partial charge in [-0.3, -0.25) is 4.79 Å². The Morgan fingerprint density at radius 1 is 1.09 bits per heavy atom. The molecule has 1 amide bonds. The number of sulfonamides is 1. The molecule has 0 saturated carbocycles. The van der Waals surface area contributed by atoms with Crippen LogP contribution in [0.15, 0.2) is 46.2 Å². The fourth-order valence-electron chi connectivity index (χ4n) is 4.63. The number of piperidine rings is 1. The van der Waals surface area contributed by atoms with E-state index in [1.54, 1.807) is 18.2 Å². The van der Waals surface area contributed by atoms with Gasteiger partial charge in [0.05, 0.1) is 10.5 Å². The first kappa shape index (κ1) is 23.3. The standard InChI is InChI=1S/C25H32N2O3S2/c1-17-11-13-27(14-12-17)25(28)23-16-22(9-10-24(23)31-3)32(29,30)26-18(2)20-8-7-19-5-4-6-21(19)15-20/h7-10,15-18,26H,4-6,11-14H2,1-3H3/t18-/m1/s1. The molecule has 0 unspecified atom stereocenters. The minimum atomic E-state index is -3.77. The number of nitrogens with one attached hydrogen (secondary N) is 1. The van der Waals surface area contributed by atoms with Crippen molar-refractivity contribution < 1.29 is 13.2 Å². The Balaban J connectivity index is 1.56. The van der Waals surface area contributed by atoms with Crippen LogP contribution in [0.5, 0.6) is 0 Å². The third-order valence-corrected chi connectivity index (χ3v) is 9.07. The number of carbonyl (C=O) groups is 1. The molecule has 0 radical (unpaired) electrons. The van der Waals surface area contributed by atoms with Crippen LogP contribution in [-0.2, 0) is 22.9 Å². The molecular formula is C25H32N2O3S2. The zero-order valence-electron chi connectivity index (χ0n) is 19.1. The summed E-state index contributed by atoms with van der Waals surface area (Å²) >= 11 is 1.47. The quantitative estimate of drug-likeness (QED) is 0.613. The van der Waals surface area contributed by atoms with Gasteiger partial charge in [-0.05, 0) is 86.1 Å². The van der Waals surface area contributed by atoms with Gasteiger partial charge in [0, 0.05) is 24.0 Å². The van der Waals surface area contributed by atoms with Crippen molar-refractivity contribution in [1.29, 1.82) is 0 Å². The number of hydrogen-bond acceptors (Lipinski definition) is 4. The number of carbonyl (C=O) groups excluding carboxylic acids is 1. The predicted molar refractivity (Wildman–Crippen MR) is 130 cm³/mol. The average Bonchev–Trinajstić information content (AvgIpc) is 3.26. The van der Waals surface area contributed by atoms with Crippen molar-refractivity contribution in [2.45, 2.75) is 61.8 Å². The lowest BCUT2D eigenvalue weighted by molar-refractivity contribution is 0.0693. The lowest BCUT2D eigenvalue weighted by Crippen LogP contribution is -2.38. The van der Waals surface area contributed by atoms with Gasteiger partial charge in [-0.1, -0.05) is 25.1 Å². The highest BCUT2D eigenvalue weighted by atomic mass is 32.2. The molecule has 2 aromatic carbocycles. The van der Waals surface area contributed by atoms with Gasteiger partial charge in [-0.2, -0.15) is 0 Å². The first-order chi connectivity index (χ1) is 15.3. The van der Waals surface area contributed by atoms with E-state index in [2.05, 4.69) is 23.8 Å². The lowest BCUT2D eigenvalue weighted by atomic mass is 9.98. The van der Waals surface area contributed by atoms with E-state index in [0.717, 1.165) is 55.7 Å². The van der Waals surface area contributed by atoms with Crippen LogP contribution in [0.2, 0.25) is 0 Å². The summed E-state index contributed by atoms with van der Waals surface area (Å²) in [6.45, 7) is 5.51.